The molecule has 0 heterocycles. The minimum atomic E-state index is -0.698. The summed E-state index contributed by atoms with van der Waals surface area (Å²) in [6, 6.07) is 2.24. The highest BCUT2D eigenvalue weighted by Crippen LogP contribution is 2.31. The molecule has 6 nitrogen and oxygen atoms in total. The molecule has 0 amide bonds. The molecular weight excluding hydrogens is 259 g/mol. The van der Waals surface area contributed by atoms with Crippen LogP contribution in [0.15, 0.2) is 18.3 Å². The average Bonchev–Trinajstić information content (AvgIpc) is 2.15. The lowest BCUT2D eigenvalue weighted by Gasteiger charge is -1.99. The van der Waals surface area contributed by atoms with Gasteiger partial charge in [0.25, 0.3) is 5.69 Å². The lowest BCUT2D eigenvalue weighted by molar-refractivity contribution is -0.400. The van der Waals surface area contributed by atoms with Crippen molar-refractivity contribution in [3.8, 4) is 0 Å². The molecule has 0 saturated heterocycles. The van der Waals surface area contributed by atoms with E-state index < -0.39 is 9.85 Å². The second-order valence-corrected chi connectivity index (χ2v) is 3.50. The minimum absolute atomic E-state index is 0.105. The fourth-order valence-electron chi connectivity index (χ4n) is 0.963. The van der Waals surface area contributed by atoms with Crippen molar-refractivity contribution in [2.75, 3.05) is 0 Å². The standard InChI is InChI=1S/C8H4Cl2N2O4/c9-6-4-7(10)8(12(15)16)3-5(6)1-2-11(13)14/h1-4H/b2-1-. The number of benzene rings is 1. The number of nitro groups is 2. The average molecular weight is 263 g/mol. The second kappa shape index (κ2) is 4.91. The van der Waals surface area contributed by atoms with E-state index in [4.69, 9.17) is 23.2 Å². The number of nitrogens with zero attached hydrogens (tertiary/aromatic N) is 2. The third-order valence-corrected chi connectivity index (χ3v) is 2.27. The SMILES string of the molecule is O=[N+]([O-])/C=C\c1cc([N+](=O)[O-])c(Cl)cc1Cl. The van der Waals surface area contributed by atoms with Gasteiger partial charge in [0.05, 0.1) is 14.9 Å². The Kier molecular flexibility index (Phi) is 3.81. The summed E-state index contributed by atoms with van der Waals surface area (Å²) in [5.74, 6) is 0. The molecule has 0 atom stereocenters. The smallest absolute Gasteiger partial charge is 0.259 e. The quantitative estimate of drug-likeness (QED) is 0.619. The molecule has 0 fully saturated rings. The molecule has 16 heavy (non-hydrogen) atoms. The molecule has 1 rings (SSSR count). The molecule has 0 bridgehead atoms. The van der Waals surface area contributed by atoms with Crippen LogP contribution in [0.2, 0.25) is 10.0 Å². The van der Waals surface area contributed by atoms with Crippen molar-refractivity contribution in [3.63, 3.8) is 0 Å². The number of rotatable bonds is 3. The summed E-state index contributed by atoms with van der Waals surface area (Å²) in [5, 5.41) is 20.6. The van der Waals surface area contributed by atoms with Crippen LogP contribution in [0.5, 0.6) is 0 Å². The summed E-state index contributed by atoms with van der Waals surface area (Å²) in [6.45, 7) is 0. The van der Waals surface area contributed by atoms with Crippen molar-refractivity contribution >= 4 is 35.0 Å². The van der Waals surface area contributed by atoms with Crippen LogP contribution in [0.3, 0.4) is 0 Å². The highest BCUT2D eigenvalue weighted by atomic mass is 35.5. The van der Waals surface area contributed by atoms with Crippen LogP contribution in [0.25, 0.3) is 6.08 Å². The Morgan fingerprint density at radius 2 is 1.75 bits per heavy atom. The topological polar surface area (TPSA) is 86.3 Å². The first kappa shape index (κ1) is 12.4. The van der Waals surface area contributed by atoms with E-state index in [0.29, 0.717) is 6.20 Å². The van der Waals surface area contributed by atoms with E-state index in [1.165, 1.54) is 6.07 Å². The molecule has 0 spiro atoms. The zero-order valence-electron chi connectivity index (χ0n) is 7.59. The summed E-state index contributed by atoms with van der Waals surface area (Å²) < 4.78 is 0. The normalized spacial score (nSPS) is 10.6. The van der Waals surface area contributed by atoms with Gasteiger partial charge in [0.1, 0.15) is 5.02 Å². The summed E-state index contributed by atoms with van der Waals surface area (Å²) in [5.41, 5.74) is -0.191. The Bertz CT molecular complexity index is 487. The number of hydrogen-bond acceptors (Lipinski definition) is 4. The highest BCUT2D eigenvalue weighted by Gasteiger charge is 2.15. The zero-order valence-corrected chi connectivity index (χ0v) is 9.10. The monoisotopic (exact) mass is 262 g/mol. The van der Waals surface area contributed by atoms with Gasteiger partial charge in [-0.15, -0.1) is 0 Å². The molecule has 84 valence electrons. The molecule has 0 aliphatic rings. The molecule has 1 aromatic carbocycles. The van der Waals surface area contributed by atoms with Gasteiger partial charge in [0.15, 0.2) is 0 Å². The summed E-state index contributed by atoms with van der Waals surface area (Å²) in [6.07, 6.45) is 1.70. The largest absolute Gasteiger partial charge is 0.288 e. The Labute approximate surface area is 99.4 Å². The van der Waals surface area contributed by atoms with Crippen LogP contribution in [0.1, 0.15) is 5.56 Å². The molecule has 0 saturated carbocycles. The molecular formula is C8H4Cl2N2O4. The molecule has 0 aliphatic carbocycles. The maximum atomic E-state index is 10.5. The first-order valence-electron chi connectivity index (χ1n) is 3.87. The Balaban J connectivity index is 3.25. The maximum absolute atomic E-state index is 10.5. The van der Waals surface area contributed by atoms with Gasteiger partial charge in [-0.05, 0) is 6.07 Å². The summed E-state index contributed by atoms with van der Waals surface area (Å²) in [4.78, 5) is 19.2. The van der Waals surface area contributed by atoms with E-state index in [1.807, 2.05) is 0 Å². The third kappa shape index (κ3) is 2.91. The lowest BCUT2D eigenvalue weighted by atomic mass is 10.2. The number of hydrogen-bond donors (Lipinski definition) is 0. The first-order chi connectivity index (χ1) is 7.41. The van der Waals surface area contributed by atoms with Gasteiger partial charge in [-0.1, -0.05) is 23.2 Å². The van der Waals surface area contributed by atoms with Crippen LogP contribution in [0, 0.1) is 20.2 Å². The van der Waals surface area contributed by atoms with Crippen LogP contribution >= 0.6 is 23.2 Å². The van der Waals surface area contributed by atoms with Crippen LogP contribution in [-0.2, 0) is 0 Å². The van der Waals surface area contributed by atoms with E-state index >= 15 is 0 Å². The van der Waals surface area contributed by atoms with Gasteiger partial charge in [0.2, 0.25) is 6.20 Å². The Morgan fingerprint density at radius 1 is 1.12 bits per heavy atom. The van der Waals surface area contributed by atoms with Gasteiger partial charge < -0.3 is 0 Å². The van der Waals surface area contributed by atoms with Crippen molar-refractivity contribution in [2.24, 2.45) is 0 Å². The Hall–Kier alpha value is -1.66. The Morgan fingerprint density at radius 3 is 2.25 bits per heavy atom. The zero-order chi connectivity index (χ0) is 12.3. The number of halogens is 2. The van der Waals surface area contributed by atoms with Crippen molar-refractivity contribution in [1.82, 2.24) is 0 Å². The number of nitro benzene ring substituents is 1. The fraction of sp³-hybridized carbons (Fsp3) is 0. The highest BCUT2D eigenvalue weighted by molar-refractivity contribution is 6.36. The van der Waals surface area contributed by atoms with Crippen molar-refractivity contribution in [2.45, 2.75) is 0 Å². The van der Waals surface area contributed by atoms with Gasteiger partial charge in [-0.2, -0.15) is 0 Å². The minimum Gasteiger partial charge on any atom is -0.259 e. The maximum Gasteiger partial charge on any atom is 0.288 e. The van der Waals surface area contributed by atoms with E-state index in [9.17, 15) is 20.2 Å². The lowest BCUT2D eigenvalue weighted by Crippen LogP contribution is -1.91. The van der Waals surface area contributed by atoms with Crippen LogP contribution in [-0.4, -0.2) is 9.85 Å². The first-order valence-corrected chi connectivity index (χ1v) is 4.62. The summed E-state index contributed by atoms with van der Waals surface area (Å²) >= 11 is 11.3. The van der Waals surface area contributed by atoms with Gasteiger partial charge in [-0.25, -0.2) is 0 Å². The molecule has 0 aliphatic heterocycles. The van der Waals surface area contributed by atoms with E-state index in [-0.39, 0.29) is 21.3 Å². The van der Waals surface area contributed by atoms with Crippen molar-refractivity contribution in [1.29, 1.82) is 0 Å². The van der Waals surface area contributed by atoms with Gasteiger partial charge >= 0.3 is 0 Å². The molecule has 0 radical (unpaired) electrons. The molecule has 0 N–H and O–H groups in total. The molecule has 1 aromatic rings. The van der Waals surface area contributed by atoms with Crippen LogP contribution in [0.4, 0.5) is 5.69 Å². The molecule has 8 heteroatoms. The van der Waals surface area contributed by atoms with Crippen molar-refractivity contribution < 1.29 is 9.85 Å². The van der Waals surface area contributed by atoms with E-state index in [1.54, 1.807) is 0 Å². The predicted molar refractivity (Wildman–Crippen MR) is 59.1 cm³/mol. The van der Waals surface area contributed by atoms with Gasteiger partial charge in [0, 0.05) is 17.7 Å². The van der Waals surface area contributed by atoms with Crippen molar-refractivity contribution in [3.05, 3.63) is 54.2 Å². The van der Waals surface area contributed by atoms with Crippen LogP contribution < -0.4 is 0 Å². The fourth-order valence-corrected chi connectivity index (χ4v) is 1.48. The third-order valence-electron chi connectivity index (χ3n) is 1.64. The van der Waals surface area contributed by atoms with Gasteiger partial charge in [-0.3, -0.25) is 20.2 Å². The van der Waals surface area contributed by atoms with E-state index in [2.05, 4.69) is 0 Å². The summed E-state index contributed by atoms with van der Waals surface area (Å²) in [7, 11) is 0. The second-order valence-electron chi connectivity index (χ2n) is 2.68. The molecule has 0 unspecified atom stereocenters. The van der Waals surface area contributed by atoms with E-state index in [0.717, 1.165) is 12.1 Å². The predicted octanol–water partition coefficient (Wildman–Crippen LogP) is 3.15. The molecule has 0 aromatic heterocycles.